The molecule has 0 aromatic carbocycles. The van der Waals surface area contributed by atoms with Crippen molar-refractivity contribution in [2.75, 3.05) is 13.2 Å². The second kappa shape index (κ2) is 23.0. The molecule has 0 aliphatic heterocycles. The van der Waals surface area contributed by atoms with Crippen LogP contribution in [0.25, 0.3) is 0 Å². The molecular formula is C46H80O5. The SMILES string of the molecule is CCCCCCOC1CCC(C2CCC(C(=O)OCC(OC(=O)C3CCC(C4CCC(CCCCCC)CC4)CC3)C3CCCCC3)CC2)CC1. The van der Waals surface area contributed by atoms with Crippen molar-refractivity contribution in [1.82, 2.24) is 0 Å². The number of unbranched alkanes of at least 4 members (excludes halogenated alkanes) is 6. The second-order valence-electron chi connectivity index (χ2n) is 18.3. The summed E-state index contributed by atoms with van der Waals surface area (Å²) in [4.78, 5) is 27.0. The largest absolute Gasteiger partial charge is 0.462 e. The van der Waals surface area contributed by atoms with E-state index in [0.717, 1.165) is 87.6 Å². The Hall–Kier alpha value is -1.10. The van der Waals surface area contributed by atoms with E-state index >= 15 is 0 Å². The van der Waals surface area contributed by atoms with Gasteiger partial charge < -0.3 is 14.2 Å². The van der Waals surface area contributed by atoms with Crippen LogP contribution in [0.2, 0.25) is 0 Å². The Labute approximate surface area is 314 Å². The topological polar surface area (TPSA) is 61.8 Å². The molecule has 5 nitrogen and oxygen atoms in total. The average molecular weight is 713 g/mol. The van der Waals surface area contributed by atoms with Gasteiger partial charge in [0.25, 0.3) is 0 Å². The predicted molar refractivity (Wildman–Crippen MR) is 208 cm³/mol. The van der Waals surface area contributed by atoms with Crippen LogP contribution in [-0.2, 0) is 23.8 Å². The zero-order valence-corrected chi connectivity index (χ0v) is 33.4. The number of hydrogen-bond donors (Lipinski definition) is 0. The molecule has 0 aromatic heterocycles. The van der Waals surface area contributed by atoms with Crippen LogP contribution in [0.3, 0.4) is 0 Å². The molecular weight excluding hydrogens is 633 g/mol. The maximum atomic E-state index is 13.6. The number of esters is 2. The van der Waals surface area contributed by atoms with Crippen LogP contribution in [0.1, 0.15) is 206 Å². The predicted octanol–water partition coefficient (Wildman–Crippen LogP) is 12.6. The molecule has 0 bridgehead atoms. The van der Waals surface area contributed by atoms with Gasteiger partial charge in [0.05, 0.1) is 17.9 Å². The first kappa shape index (κ1) is 41.1. The first-order valence-electron chi connectivity index (χ1n) is 23.0. The lowest BCUT2D eigenvalue weighted by molar-refractivity contribution is -0.170. The fraction of sp³-hybridized carbons (Fsp3) is 0.957. The molecule has 5 fully saturated rings. The molecule has 5 aliphatic carbocycles. The van der Waals surface area contributed by atoms with Crippen LogP contribution in [0, 0.1) is 47.3 Å². The van der Waals surface area contributed by atoms with E-state index in [-0.39, 0.29) is 36.5 Å². The quantitative estimate of drug-likeness (QED) is 0.0985. The molecule has 0 N–H and O–H groups in total. The highest BCUT2D eigenvalue weighted by Crippen LogP contribution is 2.44. The third-order valence-corrected chi connectivity index (χ3v) is 14.8. The molecule has 5 aliphatic rings. The Kier molecular flexibility index (Phi) is 18.5. The van der Waals surface area contributed by atoms with Crippen LogP contribution in [0.5, 0.6) is 0 Å². The molecule has 0 spiro atoms. The molecule has 0 saturated heterocycles. The van der Waals surface area contributed by atoms with Gasteiger partial charge in [0, 0.05) is 6.61 Å². The van der Waals surface area contributed by atoms with E-state index in [2.05, 4.69) is 13.8 Å². The van der Waals surface area contributed by atoms with Crippen LogP contribution < -0.4 is 0 Å². The highest BCUT2D eigenvalue weighted by molar-refractivity contribution is 5.73. The summed E-state index contributed by atoms with van der Waals surface area (Å²) in [6, 6.07) is 0. The second-order valence-corrected chi connectivity index (χ2v) is 18.3. The summed E-state index contributed by atoms with van der Waals surface area (Å²) in [6.07, 6.45) is 37.3. The van der Waals surface area contributed by atoms with Crippen molar-refractivity contribution in [2.45, 2.75) is 219 Å². The molecule has 1 atom stereocenters. The lowest BCUT2D eigenvalue weighted by Crippen LogP contribution is -2.38. The van der Waals surface area contributed by atoms with Gasteiger partial charge in [-0.3, -0.25) is 9.59 Å². The van der Waals surface area contributed by atoms with Crippen molar-refractivity contribution in [1.29, 1.82) is 0 Å². The molecule has 294 valence electrons. The molecule has 0 radical (unpaired) electrons. The Balaban J connectivity index is 0.988. The zero-order chi connectivity index (χ0) is 35.7. The summed E-state index contributed by atoms with van der Waals surface area (Å²) in [5, 5.41) is 0. The Morgan fingerprint density at radius 1 is 0.529 bits per heavy atom. The fourth-order valence-corrected chi connectivity index (χ4v) is 11.3. The lowest BCUT2D eigenvalue weighted by Gasteiger charge is -2.38. The lowest BCUT2D eigenvalue weighted by atomic mass is 9.68. The van der Waals surface area contributed by atoms with Crippen molar-refractivity contribution in [2.24, 2.45) is 47.3 Å². The summed E-state index contributed by atoms with van der Waals surface area (Å²) in [6.45, 7) is 5.76. The van der Waals surface area contributed by atoms with Gasteiger partial charge >= 0.3 is 11.9 Å². The number of rotatable bonds is 19. The molecule has 5 saturated carbocycles. The minimum absolute atomic E-state index is 0.00650. The van der Waals surface area contributed by atoms with Gasteiger partial charge in [-0.05, 0) is 145 Å². The Morgan fingerprint density at radius 3 is 1.61 bits per heavy atom. The summed E-state index contributed by atoms with van der Waals surface area (Å²) >= 11 is 0. The standard InChI is InChI=1S/C46H80O5/c1-3-5-7-10-14-35-17-19-36(20-18-35)37-23-27-42(28-24-37)46(48)51-44(40-15-11-9-12-16-40)34-50-45(47)41-25-21-38(22-26-41)39-29-31-43(32-30-39)49-33-13-8-6-4-2/h35-44H,3-34H2,1-2H3. The highest BCUT2D eigenvalue weighted by Gasteiger charge is 2.37. The zero-order valence-electron chi connectivity index (χ0n) is 33.4. The molecule has 1 unspecified atom stereocenters. The van der Waals surface area contributed by atoms with Crippen LogP contribution in [-0.4, -0.2) is 37.4 Å². The molecule has 0 aromatic rings. The van der Waals surface area contributed by atoms with E-state index in [1.807, 2.05) is 0 Å². The third kappa shape index (κ3) is 13.6. The van der Waals surface area contributed by atoms with Gasteiger partial charge in [-0.25, -0.2) is 0 Å². The van der Waals surface area contributed by atoms with E-state index in [1.54, 1.807) is 0 Å². The number of hydrogen-bond acceptors (Lipinski definition) is 5. The molecule has 0 heterocycles. The molecule has 0 amide bonds. The summed E-state index contributed by atoms with van der Waals surface area (Å²) in [5.74, 6) is 4.51. The van der Waals surface area contributed by atoms with E-state index in [1.165, 1.54) is 141 Å². The molecule has 5 rings (SSSR count). The van der Waals surface area contributed by atoms with Crippen molar-refractivity contribution in [3.8, 4) is 0 Å². The van der Waals surface area contributed by atoms with Crippen molar-refractivity contribution < 1.29 is 23.8 Å². The summed E-state index contributed by atoms with van der Waals surface area (Å²) < 4.78 is 18.6. The van der Waals surface area contributed by atoms with E-state index in [4.69, 9.17) is 14.2 Å². The maximum Gasteiger partial charge on any atom is 0.309 e. The first-order valence-corrected chi connectivity index (χ1v) is 23.0. The summed E-state index contributed by atoms with van der Waals surface area (Å²) in [5.41, 5.74) is 0. The number of carbonyl (C=O) groups is 2. The third-order valence-electron chi connectivity index (χ3n) is 14.8. The van der Waals surface area contributed by atoms with Crippen molar-refractivity contribution >= 4 is 11.9 Å². The van der Waals surface area contributed by atoms with E-state index in [9.17, 15) is 9.59 Å². The van der Waals surface area contributed by atoms with Crippen LogP contribution >= 0.6 is 0 Å². The number of ether oxygens (including phenoxy) is 3. The van der Waals surface area contributed by atoms with E-state index < -0.39 is 0 Å². The monoisotopic (exact) mass is 713 g/mol. The minimum Gasteiger partial charge on any atom is -0.462 e. The van der Waals surface area contributed by atoms with Gasteiger partial charge in [-0.15, -0.1) is 0 Å². The average Bonchev–Trinajstić information content (AvgIpc) is 3.19. The first-order chi connectivity index (χ1) is 25.0. The van der Waals surface area contributed by atoms with Gasteiger partial charge in [0.1, 0.15) is 12.7 Å². The smallest absolute Gasteiger partial charge is 0.309 e. The van der Waals surface area contributed by atoms with Gasteiger partial charge in [-0.1, -0.05) is 97.3 Å². The van der Waals surface area contributed by atoms with E-state index in [0.29, 0.717) is 12.0 Å². The van der Waals surface area contributed by atoms with Gasteiger partial charge in [-0.2, -0.15) is 0 Å². The van der Waals surface area contributed by atoms with Gasteiger partial charge in [0.15, 0.2) is 0 Å². The van der Waals surface area contributed by atoms with Crippen LogP contribution in [0.15, 0.2) is 0 Å². The van der Waals surface area contributed by atoms with Crippen LogP contribution in [0.4, 0.5) is 0 Å². The highest BCUT2D eigenvalue weighted by atomic mass is 16.6. The molecule has 51 heavy (non-hydrogen) atoms. The number of carbonyl (C=O) groups excluding carboxylic acids is 2. The Morgan fingerprint density at radius 2 is 1.04 bits per heavy atom. The molecule has 5 heteroatoms. The fourth-order valence-electron chi connectivity index (χ4n) is 11.3. The van der Waals surface area contributed by atoms with Crippen molar-refractivity contribution in [3.05, 3.63) is 0 Å². The maximum absolute atomic E-state index is 13.6. The van der Waals surface area contributed by atoms with Crippen molar-refractivity contribution in [3.63, 3.8) is 0 Å². The minimum atomic E-state index is -0.271. The Bertz CT molecular complexity index is 943. The normalized spacial score (nSPS) is 33.0. The van der Waals surface area contributed by atoms with Gasteiger partial charge in [0.2, 0.25) is 0 Å². The summed E-state index contributed by atoms with van der Waals surface area (Å²) in [7, 11) is 0.